The highest BCUT2D eigenvalue weighted by Gasteiger charge is 2.14. The van der Waals surface area contributed by atoms with Gasteiger partial charge >= 0.3 is 6.03 Å². The van der Waals surface area contributed by atoms with Crippen LogP contribution in [0.2, 0.25) is 0 Å². The molecule has 0 saturated carbocycles. The van der Waals surface area contributed by atoms with Crippen molar-refractivity contribution in [2.45, 2.75) is 0 Å². The number of anilines is 1. The summed E-state index contributed by atoms with van der Waals surface area (Å²) in [5, 5.41) is 4.59. The predicted molar refractivity (Wildman–Crippen MR) is 64.1 cm³/mol. The smallest absolute Gasteiger partial charge is 0.312 e. The van der Waals surface area contributed by atoms with Gasteiger partial charge in [-0.05, 0) is 12.1 Å². The number of halogens is 2. The second-order valence-corrected chi connectivity index (χ2v) is 3.51. The molecule has 0 aliphatic carbocycles. The van der Waals surface area contributed by atoms with E-state index in [-0.39, 0.29) is 18.7 Å². The number of benzene rings is 1. The Kier molecular flexibility index (Phi) is 5.01. The molecule has 1 aromatic carbocycles. The number of carbonyl (C=O) groups excluding carboxylic acids is 2. The highest BCUT2D eigenvalue weighted by molar-refractivity contribution is 5.94. The number of hydrogen-bond donors (Lipinski definition) is 5. The summed E-state index contributed by atoms with van der Waals surface area (Å²) in [7, 11) is 0. The van der Waals surface area contributed by atoms with Crippen molar-refractivity contribution >= 4 is 17.6 Å². The minimum absolute atomic E-state index is 0.0713. The Morgan fingerprint density at radius 1 is 1.11 bits per heavy atom. The van der Waals surface area contributed by atoms with Crippen LogP contribution in [0.15, 0.2) is 12.1 Å². The van der Waals surface area contributed by atoms with E-state index in [2.05, 4.69) is 10.6 Å². The first kappa shape index (κ1) is 14.6. The summed E-state index contributed by atoms with van der Waals surface area (Å²) in [6.07, 6.45) is 0. The molecule has 1 aromatic rings. The molecule has 0 aromatic heterocycles. The number of rotatable bonds is 5. The highest BCUT2D eigenvalue weighted by atomic mass is 19.1. The van der Waals surface area contributed by atoms with Gasteiger partial charge in [0.1, 0.15) is 5.69 Å². The van der Waals surface area contributed by atoms with Gasteiger partial charge in [-0.1, -0.05) is 0 Å². The van der Waals surface area contributed by atoms with Crippen molar-refractivity contribution in [2.75, 3.05) is 18.5 Å². The Morgan fingerprint density at radius 3 is 2.11 bits per heavy atom. The van der Waals surface area contributed by atoms with E-state index in [1.54, 1.807) is 0 Å². The summed E-state index contributed by atoms with van der Waals surface area (Å²) in [5.74, 6) is 2.27. The molecular weight excluding hydrogens is 260 g/mol. The number of nitrogen functional groups attached to an aromatic ring is 1. The fraction of sp³-hybridized carbons (Fsp3) is 0.200. The molecule has 0 atom stereocenters. The number of hydrazine groups is 1. The average molecular weight is 273 g/mol. The standard InChI is InChI=1S/C10H13F2N5O2/c11-6-3-5(4-7(12)8(6)17-14)9(18)15-1-2-16-10(13)19/h3-4,17H,1-2,14H2,(H,15,18)(H3,13,16,19). The van der Waals surface area contributed by atoms with Crippen molar-refractivity contribution in [3.8, 4) is 0 Å². The fourth-order valence-electron chi connectivity index (χ4n) is 1.31. The molecule has 0 aliphatic rings. The monoisotopic (exact) mass is 273 g/mol. The lowest BCUT2D eigenvalue weighted by Gasteiger charge is -2.08. The summed E-state index contributed by atoms with van der Waals surface area (Å²) >= 11 is 0. The lowest BCUT2D eigenvalue weighted by molar-refractivity contribution is 0.0953. The van der Waals surface area contributed by atoms with E-state index in [1.165, 1.54) is 0 Å². The highest BCUT2D eigenvalue weighted by Crippen LogP contribution is 2.19. The minimum atomic E-state index is -0.983. The second kappa shape index (κ2) is 6.50. The van der Waals surface area contributed by atoms with Gasteiger partial charge in [-0.2, -0.15) is 0 Å². The normalized spacial score (nSPS) is 9.84. The summed E-state index contributed by atoms with van der Waals surface area (Å²) in [4.78, 5) is 21.9. The topological polar surface area (TPSA) is 122 Å². The Morgan fingerprint density at radius 2 is 1.63 bits per heavy atom. The van der Waals surface area contributed by atoms with E-state index in [9.17, 15) is 18.4 Å². The molecule has 0 spiro atoms. The third-order valence-electron chi connectivity index (χ3n) is 2.16. The maximum absolute atomic E-state index is 13.3. The van der Waals surface area contributed by atoms with Crippen LogP contribution in [0.25, 0.3) is 0 Å². The Labute approximate surface area is 107 Å². The lowest BCUT2D eigenvalue weighted by atomic mass is 10.1. The van der Waals surface area contributed by atoms with Crippen LogP contribution in [-0.2, 0) is 0 Å². The number of hydrogen-bond acceptors (Lipinski definition) is 4. The molecule has 0 saturated heterocycles. The predicted octanol–water partition coefficient (Wildman–Crippen LogP) is -0.352. The van der Waals surface area contributed by atoms with Gasteiger partial charge in [0.05, 0.1) is 0 Å². The third-order valence-corrected chi connectivity index (χ3v) is 2.16. The molecule has 3 amide bonds. The van der Waals surface area contributed by atoms with Gasteiger partial charge in [0.25, 0.3) is 5.91 Å². The van der Waals surface area contributed by atoms with E-state index >= 15 is 0 Å². The molecule has 0 heterocycles. The van der Waals surface area contributed by atoms with Crippen molar-refractivity contribution in [3.05, 3.63) is 29.3 Å². The summed E-state index contributed by atoms with van der Waals surface area (Å²) in [6, 6.07) is 0.953. The van der Waals surface area contributed by atoms with E-state index < -0.39 is 29.3 Å². The van der Waals surface area contributed by atoms with Crippen LogP contribution in [0.5, 0.6) is 0 Å². The van der Waals surface area contributed by atoms with Gasteiger partial charge in [-0.3, -0.25) is 10.6 Å². The van der Waals surface area contributed by atoms with Gasteiger partial charge < -0.3 is 21.8 Å². The van der Waals surface area contributed by atoms with Crippen LogP contribution in [-0.4, -0.2) is 25.0 Å². The van der Waals surface area contributed by atoms with Crippen LogP contribution in [0.3, 0.4) is 0 Å². The summed E-state index contributed by atoms with van der Waals surface area (Å²) < 4.78 is 26.7. The first-order chi connectivity index (χ1) is 8.95. The molecule has 7 N–H and O–H groups in total. The van der Waals surface area contributed by atoms with Crippen molar-refractivity contribution in [3.63, 3.8) is 0 Å². The molecule has 9 heteroatoms. The van der Waals surface area contributed by atoms with Gasteiger partial charge in [0, 0.05) is 18.7 Å². The quantitative estimate of drug-likeness (QED) is 0.286. The van der Waals surface area contributed by atoms with Crippen LogP contribution in [0.4, 0.5) is 19.3 Å². The lowest BCUT2D eigenvalue weighted by Crippen LogP contribution is -2.37. The number of primary amides is 1. The first-order valence-electron chi connectivity index (χ1n) is 5.23. The second-order valence-electron chi connectivity index (χ2n) is 3.51. The average Bonchev–Trinajstić information content (AvgIpc) is 2.33. The van der Waals surface area contributed by atoms with E-state index in [0.717, 1.165) is 12.1 Å². The number of urea groups is 1. The zero-order valence-corrected chi connectivity index (χ0v) is 9.80. The molecule has 0 bridgehead atoms. The van der Waals surface area contributed by atoms with Crippen molar-refractivity contribution in [2.24, 2.45) is 11.6 Å². The Hall–Kier alpha value is -2.42. The summed E-state index contributed by atoms with van der Waals surface area (Å²) in [6.45, 7) is 0.177. The van der Waals surface area contributed by atoms with Gasteiger partial charge in [0.2, 0.25) is 0 Å². The molecule has 7 nitrogen and oxygen atoms in total. The molecule has 1 rings (SSSR count). The van der Waals surface area contributed by atoms with Crippen molar-refractivity contribution < 1.29 is 18.4 Å². The van der Waals surface area contributed by atoms with Crippen LogP contribution < -0.4 is 27.6 Å². The van der Waals surface area contributed by atoms with Crippen molar-refractivity contribution in [1.29, 1.82) is 0 Å². The Balaban J connectivity index is 2.65. The van der Waals surface area contributed by atoms with E-state index in [4.69, 9.17) is 11.6 Å². The maximum atomic E-state index is 13.3. The van der Waals surface area contributed by atoms with Crippen LogP contribution in [0, 0.1) is 11.6 Å². The molecular formula is C10H13F2N5O2. The Bertz CT molecular complexity index is 472. The zero-order chi connectivity index (χ0) is 14.4. The molecule has 0 unspecified atom stereocenters. The number of amides is 3. The maximum Gasteiger partial charge on any atom is 0.312 e. The molecule has 0 fully saturated rings. The molecule has 0 radical (unpaired) electrons. The van der Waals surface area contributed by atoms with E-state index in [1.807, 2.05) is 5.43 Å². The van der Waals surface area contributed by atoms with Crippen molar-refractivity contribution in [1.82, 2.24) is 10.6 Å². The SMILES string of the molecule is NNc1c(F)cc(C(=O)NCCNC(N)=O)cc1F. The fourth-order valence-corrected chi connectivity index (χ4v) is 1.31. The molecule has 0 aliphatic heterocycles. The van der Waals surface area contributed by atoms with Gasteiger partial charge in [-0.25, -0.2) is 13.6 Å². The molecule has 19 heavy (non-hydrogen) atoms. The number of nitrogens with two attached hydrogens (primary N) is 2. The largest absolute Gasteiger partial charge is 0.352 e. The number of nitrogens with one attached hydrogen (secondary N) is 3. The van der Waals surface area contributed by atoms with E-state index in [0.29, 0.717) is 0 Å². The number of carbonyl (C=O) groups is 2. The zero-order valence-electron chi connectivity index (χ0n) is 9.80. The van der Waals surface area contributed by atoms with Gasteiger partial charge in [0.15, 0.2) is 11.6 Å². The molecule has 104 valence electrons. The third kappa shape index (κ3) is 4.07. The van der Waals surface area contributed by atoms with Crippen LogP contribution in [0.1, 0.15) is 10.4 Å². The minimum Gasteiger partial charge on any atom is -0.352 e. The first-order valence-corrected chi connectivity index (χ1v) is 5.23. The summed E-state index contributed by atoms with van der Waals surface area (Å²) in [5.41, 5.74) is 5.94. The van der Waals surface area contributed by atoms with Crippen LogP contribution >= 0.6 is 0 Å². The van der Waals surface area contributed by atoms with Gasteiger partial charge in [-0.15, -0.1) is 0 Å².